The van der Waals surface area contributed by atoms with Gasteiger partial charge in [-0.3, -0.25) is 0 Å². The number of rotatable bonds is 1. The molecule has 2 unspecified atom stereocenters. The van der Waals surface area contributed by atoms with Gasteiger partial charge in [-0.15, -0.1) is 0 Å². The van der Waals surface area contributed by atoms with Crippen LogP contribution in [0.25, 0.3) is 0 Å². The van der Waals surface area contributed by atoms with Crippen LogP contribution < -0.4 is 4.90 Å². The van der Waals surface area contributed by atoms with Crippen molar-refractivity contribution in [3.8, 4) is 0 Å². The lowest BCUT2D eigenvalue weighted by Crippen LogP contribution is -2.22. The Morgan fingerprint density at radius 2 is 1.21 bits per heavy atom. The van der Waals surface area contributed by atoms with E-state index in [1.165, 1.54) is 27.9 Å². The maximum atomic E-state index is 2.53. The quantitative estimate of drug-likeness (QED) is 0.693. The van der Waals surface area contributed by atoms with Crippen molar-refractivity contribution in [2.45, 2.75) is 39.8 Å². The van der Waals surface area contributed by atoms with Crippen LogP contribution in [0.2, 0.25) is 0 Å². The molecule has 0 bridgehead atoms. The molecule has 3 rings (SSSR count). The zero-order chi connectivity index (χ0) is 13.6. The SMILES string of the molecule is Cc1ccc(C)c2c1C(C)N(c1ccccc1)C2C. The lowest BCUT2D eigenvalue weighted by atomic mass is 9.94. The van der Waals surface area contributed by atoms with Gasteiger partial charge in [-0.05, 0) is 62.1 Å². The fourth-order valence-corrected chi connectivity index (χ4v) is 3.62. The molecule has 0 saturated heterocycles. The van der Waals surface area contributed by atoms with Gasteiger partial charge < -0.3 is 4.90 Å². The van der Waals surface area contributed by atoms with Crippen molar-refractivity contribution < 1.29 is 0 Å². The van der Waals surface area contributed by atoms with Crippen molar-refractivity contribution in [2.24, 2.45) is 0 Å². The molecular weight excluding hydrogens is 230 g/mol. The third-order valence-electron chi connectivity index (χ3n) is 4.45. The van der Waals surface area contributed by atoms with Crippen molar-refractivity contribution in [1.82, 2.24) is 0 Å². The van der Waals surface area contributed by atoms with Gasteiger partial charge in [0, 0.05) is 5.69 Å². The number of benzene rings is 2. The molecule has 1 heterocycles. The van der Waals surface area contributed by atoms with E-state index >= 15 is 0 Å². The maximum Gasteiger partial charge on any atom is 0.0526 e. The van der Waals surface area contributed by atoms with Crippen LogP contribution in [0.3, 0.4) is 0 Å². The molecule has 0 fully saturated rings. The van der Waals surface area contributed by atoms with E-state index in [0.717, 1.165) is 0 Å². The fourth-order valence-electron chi connectivity index (χ4n) is 3.62. The fraction of sp³-hybridized carbons (Fsp3) is 0.333. The predicted molar refractivity (Wildman–Crippen MR) is 81.7 cm³/mol. The van der Waals surface area contributed by atoms with Gasteiger partial charge in [-0.1, -0.05) is 30.3 Å². The summed E-state index contributed by atoms with van der Waals surface area (Å²) in [4.78, 5) is 2.53. The van der Waals surface area contributed by atoms with Gasteiger partial charge in [0.15, 0.2) is 0 Å². The van der Waals surface area contributed by atoms with E-state index in [4.69, 9.17) is 0 Å². The number of hydrogen-bond acceptors (Lipinski definition) is 1. The third-order valence-corrected chi connectivity index (χ3v) is 4.45. The van der Waals surface area contributed by atoms with E-state index in [1.54, 1.807) is 0 Å². The van der Waals surface area contributed by atoms with Gasteiger partial charge in [0.1, 0.15) is 0 Å². The molecule has 0 amide bonds. The van der Waals surface area contributed by atoms with Gasteiger partial charge in [0.2, 0.25) is 0 Å². The summed E-state index contributed by atoms with van der Waals surface area (Å²) in [6.45, 7) is 9.11. The Morgan fingerprint density at radius 1 is 0.737 bits per heavy atom. The van der Waals surface area contributed by atoms with Crippen molar-refractivity contribution in [3.05, 3.63) is 64.7 Å². The highest BCUT2D eigenvalue weighted by Crippen LogP contribution is 2.46. The van der Waals surface area contributed by atoms with Gasteiger partial charge in [0.25, 0.3) is 0 Å². The summed E-state index contributed by atoms with van der Waals surface area (Å²) in [7, 11) is 0. The first-order chi connectivity index (χ1) is 9.11. The number of anilines is 1. The smallest absolute Gasteiger partial charge is 0.0526 e. The highest BCUT2D eigenvalue weighted by molar-refractivity contribution is 5.60. The summed E-state index contributed by atoms with van der Waals surface area (Å²) in [6.07, 6.45) is 0. The van der Waals surface area contributed by atoms with E-state index in [-0.39, 0.29) is 0 Å². The second-order valence-corrected chi connectivity index (χ2v) is 5.62. The summed E-state index contributed by atoms with van der Waals surface area (Å²) in [5, 5.41) is 0. The minimum absolute atomic E-state index is 0.451. The van der Waals surface area contributed by atoms with Crippen LogP contribution in [0.15, 0.2) is 42.5 Å². The molecule has 0 aromatic heterocycles. The standard InChI is InChI=1S/C18H21N/c1-12-10-11-13(2)18-15(4)19(14(3)17(12)18)16-8-6-5-7-9-16/h5-11,14-15H,1-4H3. The molecular formula is C18H21N. The van der Waals surface area contributed by atoms with Crippen molar-refractivity contribution in [2.75, 3.05) is 4.90 Å². The zero-order valence-electron chi connectivity index (χ0n) is 12.1. The second kappa shape index (κ2) is 4.41. The van der Waals surface area contributed by atoms with Gasteiger partial charge >= 0.3 is 0 Å². The normalized spacial score (nSPS) is 21.6. The first-order valence-corrected chi connectivity index (χ1v) is 7.04. The molecule has 2 aromatic carbocycles. The summed E-state index contributed by atoms with van der Waals surface area (Å²) < 4.78 is 0. The predicted octanol–water partition coefficient (Wildman–Crippen LogP) is 4.95. The molecule has 0 spiro atoms. The second-order valence-electron chi connectivity index (χ2n) is 5.62. The number of hydrogen-bond donors (Lipinski definition) is 0. The van der Waals surface area contributed by atoms with E-state index in [1.807, 2.05) is 0 Å². The van der Waals surface area contributed by atoms with Gasteiger partial charge in [-0.2, -0.15) is 0 Å². The molecule has 0 N–H and O–H groups in total. The van der Waals surface area contributed by atoms with E-state index in [2.05, 4.69) is 75.1 Å². The van der Waals surface area contributed by atoms with Crippen molar-refractivity contribution >= 4 is 5.69 Å². The molecule has 2 aromatic rings. The largest absolute Gasteiger partial charge is 0.358 e. The topological polar surface area (TPSA) is 3.24 Å². The first-order valence-electron chi connectivity index (χ1n) is 7.04. The molecule has 19 heavy (non-hydrogen) atoms. The Hall–Kier alpha value is -1.76. The Morgan fingerprint density at radius 3 is 1.68 bits per heavy atom. The van der Waals surface area contributed by atoms with Crippen LogP contribution in [0.5, 0.6) is 0 Å². The molecule has 2 atom stereocenters. The van der Waals surface area contributed by atoms with Crippen LogP contribution in [0, 0.1) is 13.8 Å². The Bertz CT molecular complexity index is 566. The van der Waals surface area contributed by atoms with Crippen LogP contribution >= 0.6 is 0 Å². The average Bonchev–Trinajstić information content (AvgIpc) is 2.68. The summed E-state index contributed by atoms with van der Waals surface area (Å²) in [5.74, 6) is 0. The molecule has 1 aliphatic heterocycles. The maximum absolute atomic E-state index is 2.53. The van der Waals surface area contributed by atoms with Crippen LogP contribution in [0.4, 0.5) is 5.69 Å². The molecule has 0 aliphatic carbocycles. The highest BCUT2D eigenvalue weighted by Gasteiger charge is 2.35. The minimum Gasteiger partial charge on any atom is -0.358 e. The van der Waals surface area contributed by atoms with Crippen LogP contribution in [-0.4, -0.2) is 0 Å². The zero-order valence-corrected chi connectivity index (χ0v) is 12.1. The van der Waals surface area contributed by atoms with Gasteiger partial charge in [0.05, 0.1) is 12.1 Å². The Labute approximate surface area is 115 Å². The molecule has 1 aliphatic rings. The minimum atomic E-state index is 0.451. The number of aryl methyl sites for hydroxylation is 2. The van der Waals surface area contributed by atoms with Gasteiger partial charge in [-0.25, -0.2) is 0 Å². The first kappa shape index (κ1) is 12.3. The lowest BCUT2D eigenvalue weighted by molar-refractivity contribution is 0.649. The van der Waals surface area contributed by atoms with Crippen LogP contribution in [0.1, 0.15) is 48.2 Å². The average molecular weight is 251 g/mol. The van der Waals surface area contributed by atoms with Crippen molar-refractivity contribution in [3.63, 3.8) is 0 Å². The van der Waals surface area contributed by atoms with E-state index in [9.17, 15) is 0 Å². The number of fused-ring (bicyclic) bond motifs is 1. The monoisotopic (exact) mass is 251 g/mol. The highest BCUT2D eigenvalue weighted by atomic mass is 15.2. The summed E-state index contributed by atoms with van der Waals surface area (Å²) >= 11 is 0. The molecule has 1 heteroatoms. The molecule has 98 valence electrons. The molecule has 1 nitrogen and oxygen atoms in total. The third kappa shape index (κ3) is 1.76. The summed E-state index contributed by atoms with van der Waals surface area (Å²) in [5.41, 5.74) is 7.20. The number of para-hydroxylation sites is 1. The van der Waals surface area contributed by atoms with Crippen LogP contribution in [-0.2, 0) is 0 Å². The van der Waals surface area contributed by atoms with E-state index in [0.29, 0.717) is 12.1 Å². The van der Waals surface area contributed by atoms with Crippen molar-refractivity contribution in [1.29, 1.82) is 0 Å². The Kier molecular flexibility index (Phi) is 2.85. The number of nitrogens with zero attached hydrogens (tertiary/aromatic N) is 1. The molecule has 0 radical (unpaired) electrons. The lowest BCUT2D eigenvalue weighted by Gasteiger charge is -2.29. The summed E-state index contributed by atoms with van der Waals surface area (Å²) in [6, 6.07) is 16.2. The Balaban J connectivity index is 2.15. The van der Waals surface area contributed by atoms with E-state index < -0.39 is 0 Å². The molecule has 0 saturated carbocycles.